The van der Waals surface area contributed by atoms with Gasteiger partial charge in [-0.15, -0.1) is 0 Å². The van der Waals surface area contributed by atoms with E-state index in [2.05, 4.69) is 0 Å². The third-order valence-corrected chi connectivity index (χ3v) is 3.37. The Morgan fingerprint density at radius 3 is 2.17 bits per heavy atom. The summed E-state index contributed by atoms with van der Waals surface area (Å²) in [7, 11) is 0. The number of nitrogens with zero attached hydrogens (tertiary/aromatic N) is 1. The van der Waals surface area contributed by atoms with E-state index in [0.29, 0.717) is 30.3 Å². The summed E-state index contributed by atoms with van der Waals surface area (Å²) in [6.07, 6.45) is -0.400. The molecule has 24 heavy (non-hydrogen) atoms. The molecule has 2 aromatic carbocycles. The van der Waals surface area contributed by atoms with Crippen LogP contribution < -0.4 is 9.47 Å². The van der Waals surface area contributed by atoms with Crippen LogP contribution in [0.3, 0.4) is 0 Å². The van der Waals surface area contributed by atoms with Crippen molar-refractivity contribution in [2.45, 2.75) is 13.8 Å². The van der Waals surface area contributed by atoms with Gasteiger partial charge in [0, 0.05) is 13.1 Å². The Hall–Kier alpha value is -3.02. The molecule has 0 spiro atoms. The second-order valence-corrected chi connectivity index (χ2v) is 4.95. The summed E-state index contributed by atoms with van der Waals surface area (Å²) >= 11 is 0. The fourth-order valence-corrected chi connectivity index (χ4v) is 2.05. The van der Waals surface area contributed by atoms with Crippen LogP contribution in [0.4, 0.5) is 4.79 Å². The lowest BCUT2D eigenvalue weighted by atomic mass is 10.2. The smallest absolute Gasteiger partial charge is 0.415 e. The highest BCUT2D eigenvalue weighted by atomic mass is 16.6. The molecule has 0 aliphatic rings. The van der Waals surface area contributed by atoms with Crippen molar-refractivity contribution >= 4 is 12.1 Å². The number of ether oxygens (including phenoxy) is 2. The van der Waals surface area contributed by atoms with Crippen molar-refractivity contribution < 1.29 is 24.2 Å². The van der Waals surface area contributed by atoms with Gasteiger partial charge in [-0.25, -0.2) is 9.59 Å². The molecular formula is C18H19NO5. The van der Waals surface area contributed by atoms with Crippen molar-refractivity contribution in [1.82, 2.24) is 4.90 Å². The lowest BCUT2D eigenvalue weighted by Gasteiger charge is -2.17. The van der Waals surface area contributed by atoms with Gasteiger partial charge in [0.15, 0.2) is 0 Å². The SMILES string of the molecule is CCN(CC)C(=O)Oc1ccc(Oc2cccc(C(=O)O)c2)cc1. The number of benzene rings is 2. The van der Waals surface area contributed by atoms with E-state index < -0.39 is 12.1 Å². The van der Waals surface area contributed by atoms with Gasteiger partial charge < -0.3 is 19.5 Å². The van der Waals surface area contributed by atoms with E-state index >= 15 is 0 Å². The molecular weight excluding hydrogens is 310 g/mol. The van der Waals surface area contributed by atoms with Gasteiger partial charge in [0.2, 0.25) is 0 Å². The molecule has 0 bridgehead atoms. The predicted octanol–water partition coefficient (Wildman–Crippen LogP) is 4.02. The molecule has 6 nitrogen and oxygen atoms in total. The Labute approximate surface area is 140 Å². The molecule has 2 aromatic rings. The second-order valence-electron chi connectivity index (χ2n) is 4.95. The van der Waals surface area contributed by atoms with Crippen LogP contribution in [-0.2, 0) is 0 Å². The van der Waals surface area contributed by atoms with Crippen molar-refractivity contribution in [2.24, 2.45) is 0 Å². The first-order chi connectivity index (χ1) is 11.5. The Kier molecular flexibility index (Phi) is 5.78. The van der Waals surface area contributed by atoms with Crippen LogP contribution in [0.2, 0.25) is 0 Å². The lowest BCUT2D eigenvalue weighted by Crippen LogP contribution is -2.33. The van der Waals surface area contributed by atoms with Crippen molar-refractivity contribution in [3.05, 3.63) is 54.1 Å². The van der Waals surface area contributed by atoms with Gasteiger partial charge in [-0.3, -0.25) is 0 Å². The first-order valence-corrected chi connectivity index (χ1v) is 7.61. The van der Waals surface area contributed by atoms with Gasteiger partial charge in [-0.1, -0.05) is 6.07 Å². The number of carbonyl (C=O) groups excluding carboxylic acids is 1. The molecule has 126 valence electrons. The van der Waals surface area contributed by atoms with Gasteiger partial charge in [0.25, 0.3) is 0 Å². The first-order valence-electron chi connectivity index (χ1n) is 7.61. The summed E-state index contributed by atoms with van der Waals surface area (Å²) in [4.78, 5) is 24.4. The number of hydrogen-bond donors (Lipinski definition) is 1. The zero-order valence-electron chi connectivity index (χ0n) is 13.6. The highest BCUT2D eigenvalue weighted by Crippen LogP contribution is 2.24. The second kappa shape index (κ2) is 8.01. The lowest BCUT2D eigenvalue weighted by molar-refractivity contribution is 0.0696. The molecule has 0 radical (unpaired) electrons. The van der Waals surface area contributed by atoms with Crippen LogP contribution in [-0.4, -0.2) is 35.2 Å². The quantitative estimate of drug-likeness (QED) is 0.866. The molecule has 0 saturated heterocycles. The normalized spacial score (nSPS) is 10.1. The predicted molar refractivity (Wildman–Crippen MR) is 88.9 cm³/mol. The summed E-state index contributed by atoms with van der Waals surface area (Å²) in [5, 5.41) is 8.97. The van der Waals surface area contributed by atoms with E-state index in [-0.39, 0.29) is 5.56 Å². The van der Waals surface area contributed by atoms with Crippen molar-refractivity contribution in [1.29, 1.82) is 0 Å². The molecule has 0 heterocycles. The number of amides is 1. The molecule has 0 unspecified atom stereocenters. The van der Waals surface area contributed by atoms with Gasteiger partial charge in [-0.05, 0) is 56.3 Å². The van der Waals surface area contributed by atoms with Gasteiger partial charge in [0.1, 0.15) is 17.2 Å². The maximum atomic E-state index is 11.9. The summed E-state index contributed by atoms with van der Waals surface area (Å²) in [5.74, 6) is 0.334. The molecule has 0 atom stereocenters. The number of carboxylic acids is 1. The monoisotopic (exact) mass is 329 g/mol. The van der Waals surface area contributed by atoms with Crippen LogP contribution >= 0.6 is 0 Å². The van der Waals surface area contributed by atoms with Gasteiger partial charge >= 0.3 is 12.1 Å². The Balaban J connectivity index is 2.03. The molecule has 0 saturated carbocycles. The van der Waals surface area contributed by atoms with Crippen LogP contribution in [0.25, 0.3) is 0 Å². The van der Waals surface area contributed by atoms with Crippen molar-refractivity contribution in [3.63, 3.8) is 0 Å². The largest absolute Gasteiger partial charge is 0.478 e. The molecule has 1 N–H and O–H groups in total. The van der Waals surface area contributed by atoms with E-state index in [0.717, 1.165) is 0 Å². The van der Waals surface area contributed by atoms with Crippen LogP contribution in [0, 0.1) is 0 Å². The van der Waals surface area contributed by atoms with Gasteiger partial charge in [0.05, 0.1) is 5.56 Å². The minimum atomic E-state index is -1.01. The minimum Gasteiger partial charge on any atom is -0.478 e. The number of rotatable bonds is 6. The molecule has 0 aliphatic carbocycles. The average Bonchev–Trinajstić information content (AvgIpc) is 2.58. The van der Waals surface area contributed by atoms with Crippen LogP contribution in [0.1, 0.15) is 24.2 Å². The molecule has 0 aromatic heterocycles. The van der Waals surface area contributed by atoms with Crippen LogP contribution in [0.15, 0.2) is 48.5 Å². The maximum Gasteiger partial charge on any atom is 0.415 e. The third-order valence-electron chi connectivity index (χ3n) is 3.37. The van der Waals surface area contributed by atoms with Crippen molar-refractivity contribution in [2.75, 3.05) is 13.1 Å². The fourth-order valence-electron chi connectivity index (χ4n) is 2.05. The van der Waals surface area contributed by atoms with Crippen LogP contribution in [0.5, 0.6) is 17.2 Å². The van der Waals surface area contributed by atoms with E-state index in [1.807, 2.05) is 13.8 Å². The highest BCUT2D eigenvalue weighted by Gasteiger charge is 2.12. The van der Waals surface area contributed by atoms with Gasteiger partial charge in [-0.2, -0.15) is 0 Å². The zero-order valence-corrected chi connectivity index (χ0v) is 13.6. The molecule has 2 rings (SSSR count). The topological polar surface area (TPSA) is 76.1 Å². The average molecular weight is 329 g/mol. The fraction of sp³-hybridized carbons (Fsp3) is 0.222. The number of carbonyl (C=O) groups is 2. The third kappa shape index (κ3) is 4.49. The van der Waals surface area contributed by atoms with E-state index in [9.17, 15) is 9.59 Å². The highest BCUT2D eigenvalue weighted by molar-refractivity contribution is 5.88. The molecule has 6 heteroatoms. The minimum absolute atomic E-state index is 0.150. The Bertz CT molecular complexity index is 708. The van der Waals surface area contributed by atoms with E-state index in [1.54, 1.807) is 41.3 Å². The number of aromatic carboxylic acids is 1. The van der Waals surface area contributed by atoms with E-state index in [4.69, 9.17) is 14.6 Å². The first kappa shape index (κ1) is 17.3. The zero-order chi connectivity index (χ0) is 17.5. The summed E-state index contributed by atoms with van der Waals surface area (Å²) < 4.78 is 10.9. The maximum absolute atomic E-state index is 11.9. The van der Waals surface area contributed by atoms with Crippen molar-refractivity contribution in [3.8, 4) is 17.2 Å². The van der Waals surface area contributed by atoms with E-state index in [1.165, 1.54) is 12.1 Å². The molecule has 0 fully saturated rings. The Morgan fingerprint density at radius 1 is 0.958 bits per heavy atom. The Morgan fingerprint density at radius 2 is 1.58 bits per heavy atom. The standard InChI is InChI=1S/C18H19NO5/c1-3-19(4-2)18(22)24-15-10-8-14(9-11-15)23-16-7-5-6-13(12-16)17(20)21/h5-12H,3-4H2,1-2H3,(H,20,21). The summed E-state index contributed by atoms with van der Waals surface area (Å²) in [6, 6.07) is 12.8. The molecule has 1 amide bonds. The number of hydrogen-bond acceptors (Lipinski definition) is 4. The molecule has 0 aliphatic heterocycles. The summed E-state index contributed by atoms with van der Waals surface area (Å²) in [5.41, 5.74) is 0.150. The summed E-state index contributed by atoms with van der Waals surface area (Å²) in [6.45, 7) is 4.92. The number of carboxylic acid groups (broad SMARTS) is 1.